The minimum atomic E-state index is -0.920. The number of carbonyl (C=O) groups excluding carboxylic acids is 2. The zero-order valence-corrected chi connectivity index (χ0v) is 23.2. The summed E-state index contributed by atoms with van der Waals surface area (Å²) in [6, 6.07) is 34.8. The molecular formula is C35H29N5O3. The largest absolute Gasteiger partial charge is 0.508 e. The third-order valence-corrected chi connectivity index (χ3v) is 7.29. The third kappa shape index (κ3) is 6.28. The summed E-state index contributed by atoms with van der Waals surface area (Å²) in [4.78, 5) is 30.1. The van der Waals surface area contributed by atoms with Crippen molar-refractivity contribution in [3.05, 3.63) is 138 Å². The lowest BCUT2D eigenvalue weighted by atomic mass is 10.0. The van der Waals surface area contributed by atoms with E-state index < -0.39 is 17.9 Å². The molecule has 0 bridgehead atoms. The highest BCUT2D eigenvalue weighted by molar-refractivity contribution is 5.98. The van der Waals surface area contributed by atoms with E-state index in [9.17, 15) is 14.7 Å². The van der Waals surface area contributed by atoms with Crippen LogP contribution in [0.2, 0.25) is 0 Å². The van der Waals surface area contributed by atoms with Crippen LogP contribution < -0.4 is 11.1 Å². The summed E-state index contributed by atoms with van der Waals surface area (Å²) in [5.41, 5.74) is 12.1. The van der Waals surface area contributed by atoms with Crippen LogP contribution in [0, 0.1) is 0 Å². The highest BCUT2D eigenvalue weighted by Gasteiger charge is 2.21. The van der Waals surface area contributed by atoms with Crippen molar-refractivity contribution in [2.24, 2.45) is 5.73 Å². The van der Waals surface area contributed by atoms with E-state index in [1.165, 1.54) is 12.1 Å². The van der Waals surface area contributed by atoms with Gasteiger partial charge >= 0.3 is 0 Å². The van der Waals surface area contributed by atoms with Crippen molar-refractivity contribution in [2.75, 3.05) is 0 Å². The molecule has 1 unspecified atom stereocenters. The summed E-state index contributed by atoms with van der Waals surface area (Å²) in [6.07, 6.45) is 2.03. The van der Waals surface area contributed by atoms with Gasteiger partial charge in [0.1, 0.15) is 11.8 Å². The number of pyridine rings is 1. The number of nitrogens with two attached hydrogens (primary N) is 1. The van der Waals surface area contributed by atoms with Crippen LogP contribution in [0.5, 0.6) is 5.75 Å². The Hall–Kier alpha value is -5.76. The van der Waals surface area contributed by atoms with E-state index in [0.29, 0.717) is 12.1 Å². The molecule has 0 aliphatic heterocycles. The number of hydrogen-bond acceptors (Lipinski definition) is 5. The summed E-state index contributed by atoms with van der Waals surface area (Å²) >= 11 is 0. The van der Waals surface area contributed by atoms with Crippen LogP contribution in [0.4, 0.5) is 0 Å². The number of aromatic nitrogens is 3. The van der Waals surface area contributed by atoms with Gasteiger partial charge in [-0.2, -0.15) is 5.10 Å². The molecule has 0 aliphatic carbocycles. The molecule has 43 heavy (non-hydrogen) atoms. The predicted octanol–water partition coefficient (Wildman–Crippen LogP) is 5.35. The summed E-state index contributed by atoms with van der Waals surface area (Å²) in [6.45, 7) is 0.532. The van der Waals surface area contributed by atoms with Crippen molar-refractivity contribution in [1.29, 1.82) is 0 Å². The maximum absolute atomic E-state index is 13.3. The second kappa shape index (κ2) is 12.0. The zero-order valence-electron chi connectivity index (χ0n) is 23.2. The fourth-order valence-electron chi connectivity index (χ4n) is 5.03. The van der Waals surface area contributed by atoms with E-state index in [0.717, 1.165) is 44.5 Å². The molecule has 8 heteroatoms. The SMILES string of the molecule is NC(=O)C(Cc1ccc(O)cc1)NC(=O)c1cccc(-c2cc(-c3cnc4ccccc4c3)nn2Cc2ccccc2)c1. The molecule has 0 saturated heterocycles. The van der Waals surface area contributed by atoms with Crippen LogP contribution in [-0.2, 0) is 17.8 Å². The normalized spacial score (nSPS) is 11.7. The molecule has 2 aromatic heterocycles. The van der Waals surface area contributed by atoms with Gasteiger partial charge < -0.3 is 16.2 Å². The highest BCUT2D eigenvalue weighted by Crippen LogP contribution is 2.29. The second-order valence-electron chi connectivity index (χ2n) is 10.4. The first-order chi connectivity index (χ1) is 20.9. The number of rotatable bonds is 9. The van der Waals surface area contributed by atoms with Gasteiger partial charge in [-0.25, -0.2) is 0 Å². The Labute approximate surface area is 248 Å². The lowest BCUT2D eigenvalue weighted by Gasteiger charge is -2.16. The average molecular weight is 568 g/mol. The highest BCUT2D eigenvalue weighted by atomic mass is 16.3. The lowest BCUT2D eigenvalue weighted by Crippen LogP contribution is -2.45. The second-order valence-corrected chi connectivity index (χ2v) is 10.4. The molecule has 4 N–H and O–H groups in total. The zero-order chi connectivity index (χ0) is 29.8. The number of phenolic OH excluding ortho intramolecular Hbond substituents is 1. The van der Waals surface area contributed by atoms with Crippen LogP contribution in [0.3, 0.4) is 0 Å². The van der Waals surface area contributed by atoms with Gasteiger partial charge in [-0.3, -0.25) is 19.3 Å². The van der Waals surface area contributed by atoms with E-state index >= 15 is 0 Å². The smallest absolute Gasteiger partial charge is 0.251 e. The average Bonchev–Trinajstić information content (AvgIpc) is 3.45. The van der Waals surface area contributed by atoms with Crippen molar-refractivity contribution in [3.8, 4) is 28.3 Å². The number of benzene rings is 4. The molecule has 0 saturated carbocycles. The van der Waals surface area contributed by atoms with E-state index in [4.69, 9.17) is 10.8 Å². The molecule has 1 atom stereocenters. The summed E-state index contributed by atoms with van der Waals surface area (Å²) < 4.78 is 1.92. The van der Waals surface area contributed by atoms with Crippen LogP contribution in [0.15, 0.2) is 121 Å². The minimum absolute atomic E-state index is 0.117. The number of nitrogens with zero attached hydrogens (tertiary/aromatic N) is 3. The Bertz CT molecular complexity index is 1920. The van der Waals surface area contributed by atoms with Crippen molar-refractivity contribution in [3.63, 3.8) is 0 Å². The van der Waals surface area contributed by atoms with Gasteiger partial charge in [0.05, 0.1) is 23.4 Å². The number of nitrogens with one attached hydrogen (secondary N) is 1. The van der Waals surface area contributed by atoms with Gasteiger partial charge in [-0.05, 0) is 53.6 Å². The van der Waals surface area contributed by atoms with Crippen LogP contribution in [-0.4, -0.2) is 37.7 Å². The Kier molecular flexibility index (Phi) is 7.65. The van der Waals surface area contributed by atoms with E-state index in [-0.39, 0.29) is 12.2 Å². The van der Waals surface area contributed by atoms with Gasteiger partial charge in [0.2, 0.25) is 5.91 Å². The summed E-state index contributed by atoms with van der Waals surface area (Å²) in [7, 11) is 0. The molecule has 8 nitrogen and oxygen atoms in total. The van der Waals surface area contributed by atoms with Gasteiger partial charge in [-0.1, -0.05) is 72.8 Å². The molecule has 0 aliphatic rings. The van der Waals surface area contributed by atoms with Crippen molar-refractivity contribution < 1.29 is 14.7 Å². The molecule has 6 rings (SSSR count). The molecular weight excluding hydrogens is 538 g/mol. The number of hydrogen-bond donors (Lipinski definition) is 3. The maximum atomic E-state index is 13.3. The Balaban J connectivity index is 1.32. The molecule has 2 heterocycles. The minimum Gasteiger partial charge on any atom is -0.508 e. The van der Waals surface area contributed by atoms with Gasteiger partial charge in [-0.15, -0.1) is 0 Å². The molecule has 2 amide bonds. The molecule has 0 spiro atoms. The van der Waals surface area contributed by atoms with Crippen molar-refractivity contribution in [2.45, 2.75) is 19.0 Å². The first-order valence-electron chi connectivity index (χ1n) is 13.9. The first-order valence-corrected chi connectivity index (χ1v) is 13.9. The monoisotopic (exact) mass is 567 g/mol. The van der Waals surface area contributed by atoms with Crippen LogP contribution >= 0.6 is 0 Å². The quantitative estimate of drug-likeness (QED) is 0.218. The molecule has 4 aromatic carbocycles. The number of para-hydroxylation sites is 1. The Morgan fingerprint density at radius 1 is 0.814 bits per heavy atom. The molecule has 0 fully saturated rings. The van der Waals surface area contributed by atoms with Crippen molar-refractivity contribution >= 4 is 22.7 Å². The molecule has 212 valence electrons. The maximum Gasteiger partial charge on any atom is 0.251 e. The number of aromatic hydroxyl groups is 1. The molecule has 6 aromatic rings. The molecule has 0 radical (unpaired) electrons. The Morgan fingerprint density at radius 3 is 2.37 bits per heavy atom. The number of fused-ring (bicyclic) bond motifs is 1. The number of carbonyl (C=O) groups is 2. The fourth-order valence-corrected chi connectivity index (χ4v) is 5.03. The summed E-state index contributed by atoms with van der Waals surface area (Å²) in [5, 5.41) is 18.3. The third-order valence-electron chi connectivity index (χ3n) is 7.29. The number of primary amides is 1. The van der Waals surface area contributed by atoms with Gasteiger partial charge in [0.15, 0.2) is 0 Å². The van der Waals surface area contributed by atoms with E-state index in [1.54, 1.807) is 30.3 Å². The number of phenols is 1. The van der Waals surface area contributed by atoms with E-state index in [1.807, 2.05) is 77.6 Å². The lowest BCUT2D eigenvalue weighted by molar-refractivity contribution is -0.119. The predicted molar refractivity (Wildman–Crippen MR) is 166 cm³/mol. The van der Waals surface area contributed by atoms with Gasteiger partial charge in [0, 0.05) is 34.7 Å². The Morgan fingerprint density at radius 2 is 1.58 bits per heavy atom. The standard InChI is InChI=1S/C35H29N5O3/c36-34(42)32(17-23-13-15-29(41)16-14-23)38-35(43)27-11-6-10-26(19-27)33-20-31(39-40(33)22-24-7-2-1-3-8-24)28-18-25-9-4-5-12-30(25)37-21-28/h1-16,18-21,32,41H,17,22H2,(H2,36,42)(H,38,43). The van der Waals surface area contributed by atoms with Gasteiger partial charge in [0.25, 0.3) is 5.91 Å². The topological polar surface area (TPSA) is 123 Å². The summed E-state index contributed by atoms with van der Waals surface area (Å²) in [5.74, 6) is -0.948. The van der Waals surface area contributed by atoms with Crippen molar-refractivity contribution in [1.82, 2.24) is 20.1 Å². The van der Waals surface area contributed by atoms with E-state index in [2.05, 4.69) is 16.4 Å². The first kappa shape index (κ1) is 27.4. The van der Waals surface area contributed by atoms with Crippen LogP contribution in [0.25, 0.3) is 33.4 Å². The van der Waals surface area contributed by atoms with Crippen LogP contribution in [0.1, 0.15) is 21.5 Å². The fraction of sp³-hybridized carbons (Fsp3) is 0.0857. The number of amides is 2.